The quantitative estimate of drug-likeness (QED) is 0.0317. The van der Waals surface area contributed by atoms with E-state index >= 15 is 0 Å². The average molecular weight is 1440 g/mol. The van der Waals surface area contributed by atoms with Gasteiger partial charge in [0.25, 0.3) is 23.6 Å². The van der Waals surface area contributed by atoms with Crippen molar-refractivity contribution >= 4 is 150 Å². The number of ether oxygens (including phenoxy) is 2. The third kappa shape index (κ3) is 15.9. The third-order valence-corrected chi connectivity index (χ3v) is 14.8. The maximum Gasteiger partial charge on any atom is 0.358 e. The fourth-order valence-electron chi connectivity index (χ4n) is 9.02. The van der Waals surface area contributed by atoms with Crippen LogP contribution < -0.4 is 38.5 Å². The summed E-state index contributed by atoms with van der Waals surface area (Å²) in [5.41, 5.74) is 18.6. The van der Waals surface area contributed by atoms with Crippen LogP contribution in [0.4, 0.5) is 53.0 Å². The van der Waals surface area contributed by atoms with Gasteiger partial charge >= 0.3 is 23.9 Å². The Morgan fingerprint density at radius 3 is 1.80 bits per heavy atom. The molecule has 103 heavy (non-hydrogen) atoms. The lowest BCUT2D eigenvalue weighted by molar-refractivity contribution is 0.0588. The van der Waals surface area contributed by atoms with E-state index in [4.69, 9.17) is 58.4 Å². The van der Waals surface area contributed by atoms with Crippen LogP contribution in [0.15, 0.2) is 91.9 Å². The number of hydrogen-bond acceptors (Lipinski definition) is 26. The molecule has 9 heterocycles. The summed E-state index contributed by atoms with van der Waals surface area (Å²) in [7, 11) is 2.33. The molecule has 1 saturated carbocycles. The Bertz CT molecular complexity index is 5630. The number of H-pyrrole nitrogens is 2. The topological polar surface area (TPSA) is 530 Å². The van der Waals surface area contributed by atoms with Crippen molar-refractivity contribution in [2.75, 3.05) is 52.7 Å². The van der Waals surface area contributed by atoms with Gasteiger partial charge in [-0.05, 0) is 106 Å². The molecule has 41 heteroatoms. The van der Waals surface area contributed by atoms with E-state index in [1.54, 1.807) is 6.07 Å². The SMILES string of the molecule is C#Cc1cc(NC(=O)c2cc(N)c3[nH]c(C4CC4)nc3n2)c(C(=O)OC)cc1F.C#Cc1ccc(NC(=O)c2cc(N)c3nnnn3n2)c(C(=O)O)c1.C=C(F)c1cc(NC(=O)c2cc(N)c3nnnn3n2)c(C(=O)O)cc1F.COC(=O)c1nc(Cl)c(Cl)cc1NC(=O)c1cnc2nc[nH]c2c1. The molecule has 0 unspecified atom stereocenters. The van der Waals surface area contributed by atoms with E-state index in [9.17, 15) is 56.6 Å². The van der Waals surface area contributed by atoms with Crippen molar-refractivity contribution < 1.29 is 71.2 Å². The zero-order valence-electron chi connectivity index (χ0n) is 52.2. The molecule has 518 valence electrons. The summed E-state index contributed by atoms with van der Waals surface area (Å²) in [6, 6.07) is 14.4. The summed E-state index contributed by atoms with van der Waals surface area (Å²) in [6.07, 6.45) is 15.4. The first-order valence-corrected chi connectivity index (χ1v) is 29.4. The molecular weight excluding hydrogens is 1400 g/mol. The van der Waals surface area contributed by atoms with Crippen LogP contribution in [0.1, 0.15) is 125 Å². The van der Waals surface area contributed by atoms with Crippen molar-refractivity contribution in [2.24, 2.45) is 0 Å². The summed E-state index contributed by atoms with van der Waals surface area (Å²) in [6.45, 7) is 2.96. The minimum atomic E-state index is -1.53. The number of carbonyl (C=O) groups is 8. The second kappa shape index (κ2) is 30.0. The van der Waals surface area contributed by atoms with E-state index in [-0.39, 0.29) is 101 Å². The summed E-state index contributed by atoms with van der Waals surface area (Å²) < 4.78 is 52.2. The highest BCUT2D eigenvalue weighted by Crippen LogP contribution is 2.39. The molecule has 0 saturated heterocycles. The van der Waals surface area contributed by atoms with E-state index < -0.39 is 76.1 Å². The highest BCUT2D eigenvalue weighted by Gasteiger charge is 2.29. The molecule has 9 aromatic heterocycles. The Hall–Kier alpha value is -14.6. The van der Waals surface area contributed by atoms with Crippen molar-refractivity contribution in [3.05, 3.63) is 181 Å². The number of nitrogens with two attached hydrogens (primary N) is 3. The Kier molecular flexibility index (Phi) is 20.8. The summed E-state index contributed by atoms with van der Waals surface area (Å²) in [4.78, 5) is 123. The molecule has 14 N–H and O–H groups in total. The van der Waals surface area contributed by atoms with Gasteiger partial charge in [-0.15, -0.1) is 42.5 Å². The van der Waals surface area contributed by atoms with Crippen molar-refractivity contribution in [1.29, 1.82) is 0 Å². The maximum atomic E-state index is 14.0. The molecule has 4 amide bonds. The number of carbonyl (C=O) groups excluding carboxylic acids is 6. The van der Waals surface area contributed by atoms with Crippen LogP contribution >= 0.6 is 23.2 Å². The number of aromatic amines is 2. The number of aromatic nitrogens is 17. The molecule has 1 aliphatic carbocycles. The van der Waals surface area contributed by atoms with Crippen LogP contribution in [-0.2, 0) is 9.47 Å². The Balaban J connectivity index is 0.000000148. The number of carboxylic acid groups (broad SMARTS) is 2. The third-order valence-electron chi connectivity index (χ3n) is 14.1. The van der Waals surface area contributed by atoms with Gasteiger partial charge in [0.2, 0.25) is 11.3 Å². The molecule has 13 rings (SSSR count). The normalized spacial score (nSPS) is 11.3. The number of pyridine rings is 3. The van der Waals surface area contributed by atoms with E-state index in [1.807, 2.05) is 0 Å². The summed E-state index contributed by atoms with van der Waals surface area (Å²) in [5, 5.41) is 56.9. The molecule has 1 fully saturated rings. The lowest BCUT2D eigenvalue weighted by Gasteiger charge is -2.11. The highest BCUT2D eigenvalue weighted by atomic mass is 35.5. The number of carboxylic acids is 2. The van der Waals surface area contributed by atoms with Crippen molar-refractivity contribution in [3.63, 3.8) is 0 Å². The first-order valence-electron chi connectivity index (χ1n) is 28.7. The number of anilines is 7. The number of nitrogen functional groups attached to an aromatic ring is 3. The number of tetrazole rings is 2. The number of nitrogens with zero attached hydrogens (tertiary/aromatic N) is 15. The van der Waals surface area contributed by atoms with Gasteiger partial charge in [-0.1, -0.05) is 41.6 Å². The predicted octanol–water partition coefficient (Wildman–Crippen LogP) is 6.44. The summed E-state index contributed by atoms with van der Waals surface area (Å²) in [5.74, 6) is -4.47. The first-order chi connectivity index (χ1) is 49.2. The van der Waals surface area contributed by atoms with E-state index in [0.29, 0.717) is 45.6 Å². The Labute approximate surface area is 581 Å². The monoisotopic (exact) mass is 1440 g/mol. The fraction of sp³-hybridized carbons (Fsp3) is 0.0806. The molecule has 0 bridgehead atoms. The van der Waals surface area contributed by atoms with Gasteiger partial charge in [-0.25, -0.2) is 57.3 Å². The smallest absolute Gasteiger partial charge is 0.358 e. The number of nitrogens with one attached hydrogen (secondary N) is 6. The van der Waals surface area contributed by atoms with Gasteiger partial charge in [0.05, 0.1) is 98.7 Å². The fourth-order valence-corrected chi connectivity index (χ4v) is 9.31. The van der Waals surface area contributed by atoms with Gasteiger partial charge < -0.3 is 68.1 Å². The lowest BCUT2D eigenvalue weighted by Crippen LogP contribution is -2.18. The number of benzene rings is 3. The molecular formula is C62H43Cl2F3N24O12. The van der Waals surface area contributed by atoms with E-state index in [1.165, 1.54) is 68.2 Å². The number of amides is 4. The molecule has 0 radical (unpaired) electrons. The molecule has 1 aliphatic rings. The zero-order chi connectivity index (χ0) is 74.2. The number of imidazole rings is 2. The first kappa shape index (κ1) is 71.2. The largest absolute Gasteiger partial charge is 0.478 e. The Morgan fingerprint density at radius 2 is 1.21 bits per heavy atom. The number of aromatic carboxylic acids is 2. The average Bonchev–Trinajstić information content (AvgIpc) is 1.69. The molecule has 0 aliphatic heterocycles. The van der Waals surface area contributed by atoms with Gasteiger partial charge in [0.1, 0.15) is 39.6 Å². The van der Waals surface area contributed by atoms with Crippen molar-refractivity contribution in [3.8, 4) is 24.7 Å². The number of rotatable bonds is 14. The number of hydrogen-bond donors (Lipinski definition) is 11. The van der Waals surface area contributed by atoms with E-state index in [0.717, 1.165) is 47.2 Å². The predicted molar refractivity (Wildman–Crippen MR) is 358 cm³/mol. The minimum absolute atomic E-state index is 0.00244. The minimum Gasteiger partial charge on any atom is -0.478 e. The Morgan fingerprint density at radius 1 is 0.641 bits per heavy atom. The maximum absolute atomic E-state index is 14.0. The molecule has 36 nitrogen and oxygen atoms in total. The molecule has 3 aromatic carbocycles. The van der Waals surface area contributed by atoms with Crippen LogP contribution in [0, 0.1) is 36.3 Å². The standard InChI is InChI=1S/C20H16FN5O3.C14H9Cl2N5O3.C14H9F2N7O3.C14H9N7O3/c1-3-9-6-14(11(7-12(9)21)20(28)29-2)24-19(27)15-8-13(22)16-18(23-15)26-17(25-16)10-4-5-10;1-24-14(23)10-8(3-7(15)11(16)21-10)20-13(22)6-2-9-12(17-4-6)19-5-18-9;1-5(15)6-3-10(7(14(25)26)2-8(6)16)18-13(24)11-4-9(17)12-19-21-22-23(12)20-11;1-2-7-3-4-10(8(5-7)14(23)24)16-13(22)11-6-9(15)12-17-19-20-21(12)18-11/h1,6-8,10H,4-5H2,2H3,(H,24,27)(H3,22,23,25,26);2-5H,1H3,(H,20,22)(H,17,18,19);2-4H,1,17H2,(H,18,24)(H,25,26);1,3-6H,15H2,(H,16,22)(H,23,24). The van der Waals surface area contributed by atoms with Crippen LogP contribution in [0.25, 0.3) is 39.4 Å². The van der Waals surface area contributed by atoms with Crippen LogP contribution in [0.5, 0.6) is 0 Å². The van der Waals surface area contributed by atoms with E-state index in [2.05, 4.69) is 125 Å². The highest BCUT2D eigenvalue weighted by molar-refractivity contribution is 6.41. The van der Waals surface area contributed by atoms with Gasteiger partial charge in [-0.3, -0.25) is 19.2 Å². The lowest BCUT2D eigenvalue weighted by atomic mass is 10.1. The molecule has 0 spiro atoms. The molecule has 0 atom stereocenters. The second-order valence-corrected chi connectivity index (χ2v) is 21.7. The number of fused-ring (bicyclic) bond motifs is 4. The van der Waals surface area contributed by atoms with Crippen molar-refractivity contribution in [2.45, 2.75) is 18.8 Å². The number of esters is 2. The molecule has 12 aromatic rings. The van der Waals surface area contributed by atoms with Gasteiger partial charge in [-0.2, -0.15) is 0 Å². The summed E-state index contributed by atoms with van der Waals surface area (Å²) >= 11 is 11.7. The second-order valence-electron chi connectivity index (χ2n) is 20.9. The number of methoxy groups -OCH3 is 2. The van der Waals surface area contributed by atoms with Gasteiger partial charge in [0, 0.05) is 23.2 Å². The van der Waals surface area contributed by atoms with Crippen molar-refractivity contribution in [1.82, 2.24) is 85.4 Å². The van der Waals surface area contributed by atoms with Crippen LogP contribution in [0.3, 0.4) is 0 Å². The zero-order valence-corrected chi connectivity index (χ0v) is 53.8. The van der Waals surface area contributed by atoms with Gasteiger partial charge in [0.15, 0.2) is 28.4 Å². The number of terminal acetylenes is 2. The number of halogens is 5. The van der Waals surface area contributed by atoms with Crippen LogP contribution in [0.2, 0.25) is 10.2 Å². The van der Waals surface area contributed by atoms with Crippen LogP contribution in [-0.4, -0.2) is 157 Å².